The third-order valence-corrected chi connectivity index (χ3v) is 4.09. The molecule has 2 aromatic carbocycles. The summed E-state index contributed by atoms with van der Waals surface area (Å²) in [5, 5.41) is 0.744. The lowest BCUT2D eigenvalue weighted by Crippen LogP contribution is -2.14. The molecule has 0 atom stereocenters. The molecule has 0 saturated carbocycles. The molecule has 0 spiro atoms. The van der Waals surface area contributed by atoms with Gasteiger partial charge in [0.2, 0.25) is 5.88 Å². The number of halogens is 2. The lowest BCUT2D eigenvalue weighted by atomic mass is 10.2. The van der Waals surface area contributed by atoms with Crippen LogP contribution in [0.2, 0.25) is 10.0 Å². The number of methoxy groups -OCH3 is 1. The predicted molar refractivity (Wildman–Crippen MR) is 99.1 cm³/mol. The molecule has 0 radical (unpaired) electrons. The fourth-order valence-corrected chi connectivity index (χ4v) is 2.79. The van der Waals surface area contributed by atoms with E-state index in [9.17, 15) is 4.79 Å². The van der Waals surface area contributed by atoms with Crippen molar-refractivity contribution < 1.29 is 14.3 Å². The summed E-state index contributed by atoms with van der Waals surface area (Å²) in [6.07, 6.45) is 1.28. The van der Waals surface area contributed by atoms with Gasteiger partial charge in [0.15, 0.2) is 5.82 Å². The first-order valence-electron chi connectivity index (χ1n) is 7.42. The number of aromatic nitrogens is 2. The lowest BCUT2D eigenvalue weighted by Gasteiger charge is -2.11. The van der Waals surface area contributed by atoms with Crippen LogP contribution in [0.4, 0.5) is 0 Å². The number of nitrogens with zero attached hydrogens (tertiary/aromatic N) is 2. The van der Waals surface area contributed by atoms with Crippen LogP contribution in [0.1, 0.15) is 10.4 Å². The SMILES string of the molecule is COc1cccc(Oc2nc(-c3c(Cl)cccc3Cl)ncc2C(N)=O)c1. The Morgan fingerprint density at radius 1 is 1.08 bits per heavy atom. The first-order valence-corrected chi connectivity index (χ1v) is 8.18. The zero-order chi connectivity index (χ0) is 18.7. The summed E-state index contributed by atoms with van der Waals surface area (Å²) in [5.74, 6) is 0.489. The van der Waals surface area contributed by atoms with Gasteiger partial charge < -0.3 is 15.2 Å². The van der Waals surface area contributed by atoms with Gasteiger partial charge in [0, 0.05) is 12.3 Å². The summed E-state index contributed by atoms with van der Waals surface area (Å²) in [4.78, 5) is 20.1. The van der Waals surface area contributed by atoms with Crippen LogP contribution >= 0.6 is 23.2 Å². The van der Waals surface area contributed by atoms with Crippen molar-refractivity contribution in [1.82, 2.24) is 9.97 Å². The van der Waals surface area contributed by atoms with Gasteiger partial charge in [-0.25, -0.2) is 4.98 Å². The fraction of sp³-hybridized carbons (Fsp3) is 0.0556. The van der Waals surface area contributed by atoms with E-state index < -0.39 is 5.91 Å². The Kier molecular flexibility index (Phi) is 5.25. The number of primary amides is 1. The summed E-state index contributed by atoms with van der Waals surface area (Å²) in [6, 6.07) is 11.9. The Balaban J connectivity index is 2.09. The Bertz CT molecular complexity index is 959. The molecular weight excluding hydrogens is 377 g/mol. The second kappa shape index (κ2) is 7.59. The Hall–Kier alpha value is -2.83. The van der Waals surface area contributed by atoms with Gasteiger partial charge in [-0.2, -0.15) is 4.98 Å². The van der Waals surface area contributed by atoms with Gasteiger partial charge in [-0.1, -0.05) is 35.3 Å². The molecule has 132 valence electrons. The van der Waals surface area contributed by atoms with E-state index in [-0.39, 0.29) is 17.3 Å². The standard InChI is InChI=1S/C18H13Cl2N3O3/c1-25-10-4-2-5-11(8-10)26-18-12(16(21)24)9-22-17(23-18)15-13(19)6-3-7-14(15)20/h2-9H,1H3,(H2,21,24). The summed E-state index contributed by atoms with van der Waals surface area (Å²) in [7, 11) is 1.54. The molecule has 3 aromatic rings. The molecule has 1 amide bonds. The number of nitrogens with two attached hydrogens (primary N) is 1. The second-order valence-corrected chi connectivity index (χ2v) is 5.97. The minimum atomic E-state index is -0.722. The quantitative estimate of drug-likeness (QED) is 0.700. The summed E-state index contributed by atoms with van der Waals surface area (Å²) >= 11 is 12.4. The van der Waals surface area contributed by atoms with Crippen LogP contribution in [0.25, 0.3) is 11.4 Å². The highest BCUT2D eigenvalue weighted by Gasteiger charge is 2.18. The molecule has 26 heavy (non-hydrogen) atoms. The molecule has 0 bridgehead atoms. The van der Waals surface area contributed by atoms with Crippen LogP contribution in [-0.2, 0) is 0 Å². The second-order valence-electron chi connectivity index (χ2n) is 5.15. The summed E-state index contributed by atoms with van der Waals surface area (Å²) < 4.78 is 10.9. The number of hydrogen-bond acceptors (Lipinski definition) is 5. The van der Waals surface area contributed by atoms with Crippen LogP contribution in [-0.4, -0.2) is 23.0 Å². The van der Waals surface area contributed by atoms with E-state index in [2.05, 4.69) is 9.97 Å². The molecule has 1 heterocycles. The molecule has 6 nitrogen and oxygen atoms in total. The molecule has 0 aliphatic rings. The lowest BCUT2D eigenvalue weighted by molar-refractivity contribution is 0.0997. The Labute approximate surface area is 159 Å². The van der Waals surface area contributed by atoms with E-state index in [1.165, 1.54) is 13.3 Å². The highest BCUT2D eigenvalue weighted by atomic mass is 35.5. The minimum Gasteiger partial charge on any atom is -0.497 e. The van der Waals surface area contributed by atoms with Gasteiger partial charge >= 0.3 is 0 Å². The smallest absolute Gasteiger partial charge is 0.255 e. The number of benzene rings is 2. The zero-order valence-electron chi connectivity index (χ0n) is 13.6. The van der Waals surface area contributed by atoms with Gasteiger partial charge in [-0.05, 0) is 24.3 Å². The van der Waals surface area contributed by atoms with E-state index in [1.54, 1.807) is 42.5 Å². The maximum Gasteiger partial charge on any atom is 0.255 e. The van der Waals surface area contributed by atoms with E-state index in [0.717, 1.165) is 0 Å². The molecule has 0 aliphatic carbocycles. The van der Waals surface area contributed by atoms with Crippen molar-refractivity contribution in [2.75, 3.05) is 7.11 Å². The highest BCUT2D eigenvalue weighted by Crippen LogP contribution is 2.34. The number of carbonyl (C=O) groups is 1. The molecule has 0 saturated heterocycles. The molecule has 1 aromatic heterocycles. The van der Waals surface area contributed by atoms with E-state index in [0.29, 0.717) is 27.1 Å². The van der Waals surface area contributed by atoms with Gasteiger partial charge in [-0.15, -0.1) is 0 Å². The summed E-state index contributed by atoms with van der Waals surface area (Å²) in [6.45, 7) is 0. The molecule has 8 heteroatoms. The average molecular weight is 390 g/mol. The normalized spacial score (nSPS) is 10.4. The molecule has 0 unspecified atom stereocenters. The maximum atomic E-state index is 11.7. The number of amides is 1. The number of hydrogen-bond donors (Lipinski definition) is 1. The van der Waals surface area contributed by atoms with Crippen molar-refractivity contribution in [3.05, 3.63) is 64.3 Å². The minimum absolute atomic E-state index is 0.00765. The molecule has 3 rings (SSSR count). The molecular formula is C18H13Cl2N3O3. The monoisotopic (exact) mass is 389 g/mol. The number of ether oxygens (including phenoxy) is 2. The molecule has 2 N–H and O–H groups in total. The Morgan fingerprint density at radius 2 is 1.73 bits per heavy atom. The van der Waals surface area contributed by atoms with E-state index >= 15 is 0 Å². The average Bonchev–Trinajstić information content (AvgIpc) is 2.61. The largest absolute Gasteiger partial charge is 0.497 e. The van der Waals surface area contributed by atoms with Crippen LogP contribution in [0, 0.1) is 0 Å². The first-order chi connectivity index (χ1) is 12.5. The highest BCUT2D eigenvalue weighted by molar-refractivity contribution is 6.38. The van der Waals surface area contributed by atoms with Crippen LogP contribution in [0.15, 0.2) is 48.7 Å². The van der Waals surface area contributed by atoms with Crippen molar-refractivity contribution in [3.8, 4) is 28.8 Å². The van der Waals surface area contributed by atoms with Gasteiger partial charge in [0.05, 0.1) is 22.7 Å². The van der Waals surface area contributed by atoms with Crippen molar-refractivity contribution in [1.29, 1.82) is 0 Å². The van der Waals surface area contributed by atoms with Crippen LogP contribution in [0.3, 0.4) is 0 Å². The Morgan fingerprint density at radius 3 is 2.38 bits per heavy atom. The first kappa shape index (κ1) is 18.0. The van der Waals surface area contributed by atoms with Crippen molar-refractivity contribution in [2.24, 2.45) is 5.73 Å². The van der Waals surface area contributed by atoms with Gasteiger partial charge in [0.1, 0.15) is 17.1 Å². The third kappa shape index (κ3) is 3.71. The maximum absolute atomic E-state index is 11.7. The van der Waals surface area contributed by atoms with E-state index in [4.69, 9.17) is 38.4 Å². The van der Waals surface area contributed by atoms with Crippen molar-refractivity contribution in [2.45, 2.75) is 0 Å². The fourth-order valence-electron chi connectivity index (χ4n) is 2.22. The number of carbonyl (C=O) groups excluding carboxylic acids is 1. The molecule has 0 fully saturated rings. The predicted octanol–water partition coefficient (Wildman–Crippen LogP) is 4.35. The third-order valence-electron chi connectivity index (χ3n) is 3.46. The van der Waals surface area contributed by atoms with Gasteiger partial charge in [0.25, 0.3) is 5.91 Å². The van der Waals surface area contributed by atoms with E-state index in [1.807, 2.05) is 0 Å². The summed E-state index contributed by atoms with van der Waals surface area (Å²) in [5.41, 5.74) is 5.86. The van der Waals surface area contributed by atoms with Gasteiger partial charge in [-0.3, -0.25) is 4.79 Å². The van der Waals surface area contributed by atoms with Crippen molar-refractivity contribution >= 4 is 29.1 Å². The number of rotatable bonds is 5. The molecule has 0 aliphatic heterocycles. The van der Waals surface area contributed by atoms with Crippen LogP contribution in [0.5, 0.6) is 17.4 Å². The van der Waals surface area contributed by atoms with Crippen LogP contribution < -0.4 is 15.2 Å². The zero-order valence-corrected chi connectivity index (χ0v) is 15.1. The van der Waals surface area contributed by atoms with Crippen molar-refractivity contribution in [3.63, 3.8) is 0 Å². The topological polar surface area (TPSA) is 87.3 Å².